The number of nitrogens with one attached hydrogen (secondary N) is 1. The maximum atomic E-state index is 13.6. The Kier molecular flexibility index (Phi) is 7.27. The van der Waals surface area contributed by atoms with Gasteiger partial charge in [-0.1, -0.05) is 11.6 Å². The predicted molar refractivity (Wildman–Crippen MR) is 123 cm³/mol. The molecule has 9 nitrogen and oxygen atoms in total. The molecule has 1 N–H and O–H groups in total. The van der Waals surface area contributed by atoms with Gasteiger partial charge in [-0.3, -0.25) is 14.4 Å². The Balaban J connectivity index is 2.02. The number of carbonyl (C=O) groups is 2. The molecule has 1 aliphatic heterocycles. The number of rotatable bonds is 5. The first-order valence-electron chi connectivity index (χ1n) is 10.2. The molecule has 0 saturated heterocycles. The number of fused-ring (bicyclic) bond motifs is 1. The lowest BCUT2D eigenvalue weighted by Crippen LogP contribution is -2.44. The van der Waals surface area contributed by atoms with Gasteiger partial charge < -0.3 is 14.2 Å². The molecular formula is C22H24ClFN2O7S. The van der Waals surface area contributed by atoms with E-state index in [-0.39, 0.29) is 40.0 Å². The molecule has 3 rings (SSSR count). The quantitative estimate of drug-likeness (QED) is 0.590. The van der Waals surface area contributed by atoms with Gasteiger partial charge in [-0.15, -0.1) is 0 Å². The highest BCUT2D eigenvalue weighted by atomic mass is 35.5. The molecule has 0 radical (unpaired) electrons. The van der Waals surface area contributed by atoms with E-state index in [1.807, 2.05) is 0 Å². The largest absolute Gasteiger partial charge is 0.486 e. The van der Waals surface area contributed by atoms with Crippen molar-refractivity contribution in [2.75, 3.05) is 23.3 Å². The molecule has 0 bridgehead atoms. The number of hydrogen-bond acceptors (Lipinski definition) is 7. The third-order valence-electron chi connectivity index (χ3n) is 4.64. The van der Waals surface area contributed by atoms with Crippen molar-refractivity contribution in [3.8, 4) is 5.75 Å². The Morgan fingerprint density at radius 1 is 1.24 bits per heavy atom. The summed E-state index contributed by atoms with van der Waals surface area (Å²) >= 11 is 5.81. The number of sulfonamides is 1. The number of ether oxygens (including phenoxy) is 3. The van der Waals surface area contributed by atoms with Gasteiger partial charge in [0.2, 0.25) is 0 Å². The molecule has 184 valence electrons. The maximum Gasteiger partial charge on any atom is 0.412 e. The van der Waals surface area contributed by atoms with E-state index < -0.39 is 39.6 Å². The number of amides is 1. The van der Waals surface area contributed by atoms with Crippen LogP contribution in [-0.4, -0.2) is 45.8 Å². The van der Waals surface area contributed by atoms with Crippen LogP contribution in [0.2, 0.25) is 5.02 Å². The molecule has 0 fully saturated rings. The molecule has 0 aliphatic carbocycles. The second kappa shape index (κ2) is 9.67. The van der Waals surface area contributed by atoms with Gasteiger partial charge in [0.15, 0.2) is 0 Å². The fourth-order valence-electron chi connectivity index (χ4n) is 3.18. The molecule has 1 heterocycles. The van der Waals surface area contributed by atoms with Crippen LogP contribution in [0, 0.1) is 5.82 Å². The summed E-state index contributed by atoms with van der Waals surface area (Å²) in [6.07, 6.45) is -1.79. The lowest BCUT2D eigenvalue weighted by atomic mass is 10.1. The fourth-order valence-corrected chi connectivity index (χ4v) is 4.95. The van der Waals surface area contributed by atoms with Crippen LogP contribution in [0.15, 0.2) is 41.3 Å². The molecule has 0 spiro atoms. The number of methoxy groups -OCH3 is 1. The Labute approximate surface area is 201 Å². The monoisotopic (exact) mass is 514 g/mol. The zero-order chi connectivity index (χ0) is 25.3. The summed E-state index contributed by atoms with van der Waals surface area (Å²) in [5.41, 5.74) is -0.379. The van der Waals surface area contributed by atoms with Crippen molar-refractivity contribution in [1.29, 1.82) is 0 Å². The summed E-state index contributed by atoms with van der Waals surface area (Å²) in [7, 11) is -3.05. The van der Waals surface area contributed by atoms with Crippen molar-refractivity contribution < 1.29 is 36.6 Å². The minimum absolute atomic E-state index is 0.107. The minimum atomic E-state index is -4.26. The molecule has 0 aromatic heterocycles. The number of nitrogens with zero attached hydrogens (tertiary/aromatic N) is 1. The van der Waals surface area contributed by atoms with Gasteiger partial charge in [0, 0.05) is 5.69 Å². The Bertz CT molecular complexity index is 1210. The van der Waals surface area contributed by atoms with Gasteiger partial charge in [0.05, 0.1) is 35.7 Å². The number of esters is 1. The first kappa shape index (κ1) is 25.6. The SMILES string of the molecule is COC(=O)CC1CN(S(=O)(=O)c2ccc(F)c(Cl)c2)c2cc(NC(=O)OC(C)(C)C)ccc2O1. The summed E-state index contributed by atoms with van der Waals surface area (Å²) in [6, 6.07) is 7.40. The summed E-state index contributed by atoms with van der Waals surface area (Å²) in [5, 5.41) is 2.19. The molecule has 0 saturated carbocycles. The van der Waals surface area contributed by atoms with Crippen LogP contribution in [0.4, 0.5) is 20.6 Å². The zero-order valence-corrected chi connectivity index (χ0v) is 20.5. The van der Waals surface area contributed by atoms with E-state index in [1.165, 1.54) is 25.3 Å². The smallest absolute Gasteiger partial charge is 0.412 e. The molecule has 1 atom stereocenters. The van der Waals surface area contributed by atoms with Crippen molar-refractivity contribution in [2.24, 2.45) is 0 Å². The van der Waals surface area contributed by atoms with Crippen LogP contribution in [0.3, 0.4) is 0 Å². The Hall–Kier alpha value is -3.05. The predicted octanol–water partition coefficient (Wildman–Crippen LogP) is 4.35. The standard InChI is InChI=1S/C22H24ClFN2O7S/c1-22(2,3)33-21(28)25-13-5-8-19-18(9-13)26(12-14(32-19)10-20(27)31-4)34(29,30)15-6-7-17(24)16(23)11-15/h5-9,11,14H,10,12H2,1-4H3,(H,25,28). The highest BCUT2D eigenvalue weighted by Gasteiger charge is 2.36. The van der Waals surface area contributed by atoms with Crippen LogP contribution in [-0.2, 0) is 24.3 Å². The van der Waals surface area contributed by atoms with Crippen LogP contribution >= 0.6 is 11.6 Å². The van der Waals surface area contributed by atoms with Gasteiger partial charge >= 0.3 is 12.1 Å². The van der Waals surface area contributed by atoms with E-state index in [1.54, 1.807) is 20.8 Å². The van der Waals surface area contributed by atoms with Crippen LogP contribution in [0.5, 0.6) is 5.75 Å². The second-order valence-electron chi connectivity index (χ2n) is 8.44. The average molecular weight is 515 g/mol. The van der Waals surface area contributed by atoms with Gasteiger partial charge in [-0.25, -0.2) is 17.6 Å². The number of halogens is 2. The molecule has 12 heteroatoms. The van der Waals surface area contributed by atoms with Gasteiger partial charge in [0.25, 0.3) is 10.0 Å². The van der Waals surface area contributed by atoms with E-state index >= 15 is 0 Å². The van der Waals surface area contributed by atoms with E-state index in [4.69, 9.17) is 21.1 Å². The van der Waals surface area contributed by atoms with E-state index in [0.717, 1.165) is 22.5 Å². The van der Waals surface area contributed by atoms with Crippen LogP contribution in [0.25, 0.3) is 0 Å². The number of carbonyl (C=O) groups excluding carboxylic acids is 2. The summed E-state index contributed by atoms with van der Waals surface area (Å²) in [5.74, 6) is -1.19. The molecule has 34 heavy (non-hydrogen) atoms. The van der Waals surface area contributed by atoms with Crippen molar-refractivity contribution in [3.05, 3.63) is 47.2 Å². The summed E-state index contributed by atoms with van der Waals surface area (Å²) in [6.45, 7) is 4.87. The van der Waals surface area contributed by atoms with Gasteiger partial charge in [-0.05, 0) is 57.2 Å². The van der Waals surface area contributed by atoms with Gasteiger partial charge in [-0.2, -0.15) is 0 Å². The Morgan fingerprint density at radius 2 is 1.94 bits per heavy atom. The third-order valence-corrected chi connectivity index (χ3v) is 6.70. The topological polar surface area (TPSA) is 111 Å². The van der Waals surface area contributed by atoms with Crippen LogP contribution < -0.4 is 14.4 Å². The third kappa shape index (κ3) is 5.89. The van der Waals surface area contributed by atoms with Gasteiger partial charge in [0.1, 0.15) is 23.3 Å². The van der Waals surface area contributed by atoms with Crippen molar-refractivity contribution in [2.45, 2.75) is 43.8 Å². The molecule has 2 aromatic rings. The van der Waals surface area contributed by atoms with E-state index in [9.17, 15) is 22.4 Å². The minimum Gasteiger partial charge on any atom is -0.486 e. The molecular weight excluding hydrogens is 491 g/mol. The highest BCUT2D eigenvalue weighted by molar-refractivity contribution is 7.92. The number of hydrogen-bond donors (Lipinski definition) is 1. The number of anilines is 2. The summed E-state index contributed by atoms with van der Waals surface area (Å²) < 4.78 is 57.4. The Morgan fingerprint density at radius 3 is 2.56 bits per heavy atom. The van der Waals surface area contributed by atoms with Crippen molar-refractivity contribution in [3.63, 3.8) is 0 Å². The first-order valence-corrected chi connectivity index (χ1v) is 12.0. The van der Waals surface area contributed by atoms with E-state index in [2.05, 4.69) is 10.1 Å². The molecule has 1 aliphatic rings. The van der Waals surface area contributed by atoms with E-state index in [0.29, 0.717) is 0 Å². The lowest BCUT2D eigenvalue weighted by Gasteiger charge is -2.35. The second-order valence-corrected chi connectivity index (χ2v) is 10.7. The summed E-state index contributed by atoms with van der Waals surface area (Å²) in [4.78, 5) is 23.7. The molecule has 1 unspecified atom stereocenters. The lowest BCUT2D eigenvalue weighted by molar-refractivity contribution is -0.142. The maximum absolute atomic E-state index is 13.6. The number of benzene rings is 2. The molecule has 1 amide bonds. The first-order chi connectivity index (χ1) is 15.8. The van der Waals surface area contributed by atoms with Crippen LogP contribution in [0.1, 0.15) is 27.2 Å². The zero-order valence-electron chi connectivity index (χ0n) is 18.9. The van der Waals surface area contributed by atoms with Crippen molar-refractivity contribution >= 4 is 45.1 Å². The molecule has 2 aromatic carbocycles. The fraction of sp³-hybridized carbons (Fsp3) is 0.364. The normalized spacial score (nSPS) is 15.7. The highest BCUT2D eigenvalue weighted by Crippen LogP contribution is 2.40. The van der Waals surface area contributed by atoms with Crippen molar-refractivity contribution in [1.82, 2.24) is 0 Å². The average Bonchev–Trinajstić information content (AvgIpc) is 2.73.